The molecule has 0 aromatic carbocycles. The Morgan fingerprint density at radius 1 is 0.514 bits per heavy atom. The first kappa shape index (κ1) is 63.3. The van der Waals surface area contributed by atoms with Gasteiger partial charge in [-0.2, -0.15) is 0 Å². The van der Waals surface area contributed by atoms with Crippen molar-refractivity contribution in [3.8, 4) is 0 Å². The molecule has 3 aliphatic heterocycles. The van der Waals surface area contributed by atoms with Crippen LogP contribution in [0.4, 0.5) is 0 Å². The van der Waals surface area contributed by atoms with Crippen LogP contribution in [0.3, 0.4) is 0 Å². The molecule has 17 atom stereocenters. The maximum absolute atomic E-state index is 13.2. The summed E-state index contributed by atoms with van der Waals surface area (Å²) >= 11 is 0. The fourth-order valence-corrected chi connectivity index (χ4v) is 8.10. The highest BCUT2D eigenvalue weighted by Crippen LogP contribution is 2.33. The molecule has 12 N–H and O–H groups in total. The molecule has 19 nitrogen and oxygen atoms in total. The predicted molar refractivity (Wildman–Crippen MR) is 268 cm³/mol. The zero-order valence-corrected chi connectivity index (χ0v) is 42.1. The first-order chi connectivity index (χ1) is 34.8. The molecule has 0 aromatic rings. The second kappa shape index (κ2) is 36.8. The monoisotopic (exact) mass is 1030 g/mol. The number of carbonyl (C=O) groups excluding carboxylic acids is 1. The lowest BCUT2D eigenvalue weighted by Gasteiger charge is -2.48. The van der Waals surface area contributed by atoms with Crippen molar-refractivity contribution in [3.63, 3.8) is 0 Å². The molecule has 3 saturated heterocycles. The molecule has 0 bridgehead atoms. The number of hydrogen-bond acceptors (Lipinski definition) is 18. The molecule has 3 aliphatic rings. The van der Waals surface area contributed by atoms with Crippen molar-refractivity contribution in [1.82, 2.24) is 5.32 Å². The van der Waals surface area contributed by atoms with Gasteiger partial charge in [-0.3, -0.25) is 4.79 Å². The molecule has 19 heteroatoms. The molecule has 0 radical (unpaired) electrons. The fraction of sp³-hybridized carbons (Fsp3) is 0.717. The summed E-state index contributed by atoms with van der Waals surface area (Å²) in [7, 11) is 0. The predicted octanol–water partition coefficient (Wildman–Crippen LogP) is 2.08. The molecule has 0 aromatic heterocycles. The van der Waals surface area contributed by atoms with Crippen LogP contribution in [0.25, 0.3) is 0 Å². The average Bonchev–Trinajstić information content (AvgIpc) is 3.37. The Labute approximate surface area is 425 Å². The van der Waals surface area contributed by atoms with E-state index in [0.29, 0.717) is 12.8 Å². The normalized spacial score (nSPS) is 32.7. The summed E-state index contributed by atoms with van der Waals surface area (Å²) in [5.41, 5.74) is 0. The first-order valence-corrected chi connectivity index (χ1v) is 25.8. The van der Waals surface area contributed by atoms with Crippen LogP contribution in [-0.2, 0) is 33.2 Å². The van der Waals surface area contributed by atoms with Crippen LogP contribution in [0.1, 0.15) is 110 Å². The van der Waals surface area contributed by atoms with Gasteiger partial charge in [0.2, 0.25) is 5.91 Å². The number of aliphatic hydroxyl groups is 11. The lowest BCUT2D eigenvalue weighted by Crippen LogP contribution is -2.66. The number of unbranched alkanes of at least 4 members (excludes halogenated alkanes) is 6. The first-order valence-electron chi connectivity index (χ1n) is 25.8. The van der Waals surface area contributed by atoms with E-state index in [-0.39, 0.29) is 18.9 Å². The summed E-state index contributed by atoms with van der Waals surface area (Å²) in [5.74, 6) is -0.327. The van der Waals surface area contributed by atoms with Crippen molar-refractivity contribution in [3.05, 3.63) is 85.1 Å². The lowest BCUT2D eigenvalue weighted by molar-refractivity contribution is -0.379. The van der Waals surface area contributed by atoms with Crippen LogP contribution in [0.5, 0.6) is 0 Å². The zero-order valence-electron chi connectivity index (χ0n) is 42.1. The van der Waals surface area contributed by atoms with Gasteiger partial charge in [-0.15, -0.1) is 0 Å². The van der Waals surface area contributed by atoms with Gasteiger partial charge in [0.15, 0.2) is 18.9 Å². The van der Waals surface area contributed by atoms with Gasteiger partial charge < -0.3 is 89.9 Å². The third-order valence-corrected chi connectivity index (χ3v) is 12.4. The van der Waals surface area contributed by atoms with Gasteiger partial charge in [-0.05, 0) is 70.6 Å². The number of aliphatic hydroxyl groups excluding tert-OH is 11. The third-order valence-electron chi connectivity index (χ3n) is 12.4. The number of amides is 1. The molecule has 412 valence electrons. The Morgan fingerprint density at radius 3 is 1.53 bits per heavy atom. The van der Waals surface area contributed by atoms with E-state index < -0.39 is 124 Å². The van der Waals surface area contributed by atoms with Crippen molar-refractivity contribution in [2.75, 3.05) is 26.4 Å². The van der Waals surface area contributed by atoms with Gasteiger partial charge in [0.25, 0.3) is 0 Å². The zero-order chi connectivity index (χ0) is 52.7. The smallest absolute Gasteiger partial charge is 0.220 e. The summed E-state index contributed by atoms with van der Waals surface area (Å²) in [5, 5.41) is 119. The Kier molecular flexibility index (Phi) is 32.4. The Bertz CT molecular complexity index is 1650. The maximum Gasteiger partial charge on any atom is 0.220 e. The minimum atomic E-state index is -1.99. The maximum atomic E-state index is 13.2. The van der Waals surface area contributed by atoms with E-state index >= 15 is 0 Å². The van der Waals surface area contributed by atoms with Crippen LogP contribution in [0, 0.1) is 0 Å². The minimum Gasteiger partial charge on any atom is -0.394 e. The molecule has 0 aliphatic carbocycles. The SMILES string of the molecule is CC/C=C\C/C=C\C/C=C\C/C=C\C/C=C\CCCCCC(=O)NC(COC1OC(CO)C(OC2OC(CO)C(OC3OC(CO)C(O)C(O)C3O)C(O)C2O)C(O)C1O)C(O)/C=C/CC/C=C/CCCC. The molecular formula is C53H87NO18. The summed E-state index contributed by atoms with van der Waals surface area (Å²) in [6.45, 7) is 1.42. The van der Waals surface area contributed by atoms with E-state index in [1.165, 1.54) is 0 Å². The van der Waals surface area contributed by atoms with Crippen molar-refractivity contribution in [2.45, 2.75) is 214 Å². The van der Waals surface area contributed by atoms with Crippen molar-refractivity contribution in [2.24, 2.45) is 0 Å². The van der Waals surface area contributed by atoms with Gasteiger partial charge in [0, 0.05) is 6.42 Å². The molecule has 72 heavy (non-hydrogen) atoms. The van der Waals surface area contributed by atoms with Crippen LogP contribution in [-0.4, -0.2) is 193 Å². The molecule has 17 unspecified atom stereocenters. The lowest BCUT2D eigenvalue weighted by atomic mass is 9.96. The van der Waals surface area contributed by atoms with Gasteiger partial charge in [-0.25, -0.2) is 0 Å². The van der Waals surface area contributed by atoms with Crippen molar-refractivity contribution in [1.29, 1.82) is 0 Å². The second-order valence-electron chi connectivity index (χ2n) is 18.2. The van der Waals surface area contributed by atoms with E-state index in [2.05, 4.69) is 92.1 Å². The number of hydrogen-bond donors (Lipinski definition) is 12. The highest BCUT2D eigenvalue weighted by atomic mass is 16.8. The van der Waals surface area contributed by atoms with E-state index in [1.54, 1.807) is 12.2 Å². The Balaban J connectivity index is 1.53. The van der Waals surface area contributed by atoms with E-state index in [1.807, 2.05) is 0 Å². The quantitative estimate of drug-likeness (QED) is 0.0324. The minimum absolute atomic E-state index is 0.190. The molecular weight excluding hydrogens is 939 g/mol. The highest BCUT2D eigenvalue weighted by molar-refractivity contribution is 5.76. The number of carbonyl (C=O) groups is 1. The summed E-state index contributed by atoms with van der Waals surface area (Å²) in [6, 6.07) is -1.01. The van der Waals surface area contributed by atoms with Crippen molar-refractivity contribution >= 4 is 5.91 Å². The van der Waals surface area contributed by atoms with Gasteiger partial charge in [0.05, 0.1) is 38.6 Å². The van der Waals surface area contributed by atoms with Crippen LogP contribution in [0.15, 0.2) is 85.1 Å². The molecule has 3 rings (SSSR count). The number of nitrogens with one attached hydrogen (secondary N) is 1. The number of rotatable bonds is 34. The summed E-state index contributed by atoms with van der Waals surface area (Å²) < 4.78 is 34.0. The molecule has 0 spiro atoms. The number of ether oxygens (including phenoxy) is 6. The fourth-order valence-electron chi connectivity index (χ4n) is 8.10. The topological polar surface area (TPSA) is 307 Å². The summed E-state index contributed by atoms with van der Waals surface area (Å²) in [4.78, 5) is 13.2. The number of allylic oxidation sites excluding steroid dienone is 13. The largest absolute Gasteiger partial charge is 0.394 e. The van der Waals surface area contributed by atoms with Gasteiger partial charge in [0.1, 0.15) is 73.2 Å². The molecule has 3 heterocycles. The average molecular weight is 1030 g/mol. The van der Waals surface area contributed by atoms with E-state index in [0.717, 1.165) is 77.0 Å². The summed E-state index contributed by atoms with van der Waals surface area (Å²) in [6.07, 6.45) is 14.7. The Hall–Kier alpha value is -3.03. The van der Waals surface area contributed by atoms with Crippen LogP contribution in [0.2, 0.25) is 0 Å². The third kappa shape index (κ3) is 22.0. The van der Waals surface area contributed by atoms with E-state index in [9.17, 15) is 61.0 Å². The Morgan fingerprint density at radius 2 is 0.972 bits per heavy atom. The second-order valence-corrected chi connectivity index (χ2v) is 18.2. The highest BCUT2D eigenvalue weighted by Gasteiger charge is 2.53. The van der Waals surface area contributed by atoms with Gasteiger partial charge >= 0.3 is 0 Å². The van der Waals surface area contributed by atoms with E-state index in [4.69, 9.17) is 28.4 Å². The molecule has 3 fully saturated rings. The van der Waals surface area contributed by atoms with Crippen LogP contribution >= 0.6 is 0 Å². The standard InChI is InChI=1S/C53H87NO18/c1-3-5-7-9-11-13-14-15-16-17-18-19-20-21-22-23-25-27-29-31-41(59)54-36(37(58)30-28-26-24-12-10-8-6-4-2)35-67-51-47(65)44(62)49(39(33-56)69-51)72-53-48(66)45(63)50(40(34-57)70-53)71-52-46(64)43(61)42(60)38(32-55)68-52/h5,7,10-13,15-16,18-19,21-22,28,30,36-40,42-53,55-58,60-66H,3-4,6,8-9,14,17,20,23-27,29,31-35H2,1-2H3,(H,54,59)/b7-5-,12-10+,13-11-,16-15-,19-18-,22-21-,30-28+. The van der Waals surface area contributed by atoms with Gasteiger partial charge in [-0.1, -0.05) is 118 Å². The molecule has 1 amide bonds. The van der Waals surface area contributed by atoms with Crippen molar-refractivity contribution < 1.29 is 89.4 Å². The molecule has 0 saturated carbocycles. The van der Waals surface area contributed by atoms with Crippen LogP contribution < -0.4 is 5.32 Å².